The summed E-state index contributed by atoms with van der Waals surface area (Å²) in [5.41, 5.74) is 3.15. The van der Waals surface area contributed by atoms with Gasteiger partial charge in [0, 0.05) is 23.6 Å². The first kappa shape index (κ1) is 11.3. The van der Waals surface area contributed by atoms with Crippen molar-refractivity contribution in [3.63, 3.8) is 0 Å². The van der Waals surface area contributed by atoms with Crippen LogP contribution in [0.3, 0.4) is 0 Å². The van der Waals surface area contributed by atoms with Gasteiger partial charge in [0.1, 0.15) is 0 Å². The van der Waals surface area contributed by atoms with Gasteiger partial charge in [-0.1, -0.05) is 39.0 Å². The van der Waals surface area contributed by atoms with Gasteiger partial charge in [-0.05, 0) is 30.4 Å². The highest BCUT2D eigenvalue weighted by Gasteiger charge is 2.11. The van der Waals surface area contributed by atoms with Crippen LogP contribution in [0.15, 0.2) is 30.5 Å². The molecule has 0 spiro atoms. The molecular weight excluding hydrogens is 194 g/mol. The van der Waals surface area contributed by atoms with Gasteiger partial charge in [-0.25, -0.2) is 0 Å². The third kappa shape index (κ3) is 2.29. The fraction of sp³-hybridized carbons (Fsp3) is 0.467. The number of fused-ring (bicyclic) bond motifs is 1. The van der Waals surface area contributed by atoms with Crippen LogP contribution >= 0.6 is 0 Å². The molecule has 0 aliphatic rings. The Morgan fingerprint density at radius 1 is 1.12 bits per heavy atom. The maximum atomic E-state index is 2.38. The number of hydrogen-bond donors (Lipinski definition) is 0. The number of rotatable bonds is 2. The minimum absolute atomic E-state index is 0.402. The monoisotopic (exact) mass is 215 g/mol. The molecule has 0 atom stereocenters. The first-order valence-electron chi connectivity index (χ1n) is 6.02. The van der Waals surface area contributed by atoms with Crippen LogP contribution in [0.5, 0.6) is 0 Å². The average Bonchev–Trinajstić information content (AvgIpc) is 2.53. The summed E-state index contributed by atoms with van der Waals surface area (Å²) >= 11 is 0. The van der Waals surface area contributed by atoms with Crippen molar-refractivity contribution in [2.24, 2.45) is 5.41 Å². The number of benzene rings is 1. The van der Waals surface area contributed by atoms with Crippen LogP contribution in [0.4, 0.5) is 0 Å². The van der Waals surface area contributed by atoms with Gasteiger partial charge in [0.05, 0.1) is 0 Å². The highest BCUT2D eigenvalue weighted by atomic mass is 15.0. The Balaban J connectivity index is 2.31. The van der Waals surface area contributed by atoms with Crippen molar-refractivity contribution in [1.29, 1.82) is 0 Å². The molecule has 0 amide bonds. The van der Waals surface area contributed by atoms with Gasteiger partial charge in [-0.2, -0.15) is 0 Å². The fourth-order valence-corrected chi connectivity index (χ4v) is 2.07. The van der Waals surface area contributed by atoms with Crippen LogP contribution in [-0.2, 0) is 6.54 Å². The summed E-state index contributed by atoms with van der Waals surface area (Å²) in [7, 11) is 0. The van der Waals surface area contributed by atoms with E-state index in [0.29, 0.717) is 5.41 Å². The number of aromatic nitrogens is 1. The highest BCUT2D eigenvalue weighted by Crippen LogP contribution is 2.24. The lowest BCUT2D eigenvalue weighted by atomic mass is 9.92. The van der Waals surface area contributed by atoms with Gasteiger partial charge in [0.25, 0.3) is 0 Å². The van der Waals surface area contributed by atoms with Gasteiger partial charge in [-0.3, -0.25) is 0 Å². The molecule has 86 valence electrons. The zero-order chi connectivity index (χ0) is 11.8. The second-order valence-corrected chi connectivity index (χ2v) is 5.83. The largest absolute Gasteiger partial charge is 0.347 e. The van der Waals surface area contributed by atoms with Crippen molar-refractivity contribution >= 4 is 10.9 Å². The predicted octanol–water partition coefficient (Wildman–Crippen LogP) is 4.39. The van der Waals surface area contributed by atoms with Crippen molar-refractivity contribution in [2.45, 2.75) is 40.7 Å². The molecule has 0 saturated carbocycles. The summed E-state index contributed by atoms with van der Waals surface area (Å²) in [4.78, 5) is 0. The topological polar surface area (TPSA) is 4.93 Å². The van der Waals surface area contributed by atoms with Gasteiger partial charge >= 0.3 is 0 Å². The third-order valence-electron chi connectivity index (χ3n) is 3.09. The van der Waals surface area contributed by atoms with E-state index in [1.165, 1.54) is 22.9 Å². The van der Waals surface area contributed by atoms with Gasteiger partial charge in [0.15, 0.2) is 0 Å². The molecule has 2 aromatic rings. The molecule has 0 bridgehead atoms. The van der Waals surface area contributed by atoms with Crippen LogP contribution < -0.4 is 0 Å². The van der Waals surface area contributed by atoms with E-state index >= 15 is 0 Å². The zero-order valence-electron chi connectivity index (χ0n) is 10.7. The van der Waals surface area contributed by atoms with E-state index in [4.69, 9.17) is 0 Å². The normalized spacial score (nSPS) is 12.2. The molecule has 1 heteroatoms. The summed E-state index contributed by atoms with van der Waals surface area (Å²) in [6.07, 6.45) is 3.49. The molecule has 0 aliphatic heterocycles. The molecule has 1 aromatic heterocycles. The molecule has 0 radical (unpaired) electrons. The predicted molar refractivity (Wildman–Crippen MR) is 70.7 cm³/mol. The second kappa shape index (κ2) is 3.97. The maximum Gasteiger partial charge on any atom is 0.0483 e. The molecule has 16 heavy (non-hydrogen) atoms. The van der Waals surface area contributed by atoms with Gasteiger partial charge in [-0.15, -0.1) is 0 Å². The van der Waals surface area contributed by atoms with E-state index in [0.717, 1.165) is 6.54 Å². The zero-order valence-corrected chi connectivity index (χ0v) is 10.7. The van der Waals surface area contributed by atoms with Crippen molar-refractivity contribution in [1.82, 2.24) is 4.57 Å². The van der Waals surface area contributed by atoms with E-state index in [9.17, 15) is 0 Å². The third-order valence-corrected chi connectivity index (χ3v) is 3.09. The van der Waals surface area contributed by atoms with Crippen molar-refractivity contribution in [3.8, 4) is 0 Å². The molecule has 1 heterocycles. The lowest BCUT2D eigenvalue weighted by molar-refractivity contribution is 0.353. The Kier molecular flexibility index (Phi) is 2.79. The second-order valence-electron chi connectivity index (χ2n) is 5.83. The molecule has 0 fully saturated rings. The Morgan fingerprint density at radius 2 is 1.81 bits per heavy atom. The standard InChI is InChI=1S/C15H21N/c1-12-11-16(10-9-15(2,3)4)14-8-6-5-7-13(12)14/h5-8,11H,9-10H2,1-4H3. The van der Waals surface area contributed by atoms with Crippen molar-refractivity contribution in [2.75, 3.05) is 0 Å². The van der Waals surface area contributed by atoms with Crippen LogP contribution in [-0.4, -0.2) is 4.57 Å². The number of hydrogen-bond acceptors (Lipinski definition) is 0. The van der Waals surface area contributed by atoms with E-state index < -0.39 is 0 Å². The highest BCUT2D eigenvalue weighted by molar-refractivity contribution is 5.83. The minimum atomic E-state index is 0.402. The SMILES string of the molecule is Cc1cn(CCC(C)(C)C)c2ccccc12. The molecule has 1 nitrogen and oxygen atoms in total. The van der Waals surface area contributed by atoms with Crippen molar-refractivity contribution in [3.05, 3.63) is 36.0 Å². The van der Waals surface area contributed by atoms with E-state index in [-0.39, 0.29) is 0 Å². The Labute approximate surface area is 98.1 Å². The molecule has 1 aromatic carbocycles. The fourth-order valence-electron chi connectivity index (χ4n) is 2.07. The number of nitrogens with zero attached hydrogens (tertiary/aromatic N) is 1. The van der Waals surface area contributed by atoms with E-state index in [1.807, 2.05) is 0 Å². The lowest BCUT2D eigenvalue weighted by Gasteiger charge is -2.18. The number of para-hydroxylation sites is 1. The molecule has 0 unspecified atom stereocenters. The first-order chi connectivity index (χ1) is 7.47. The van der Waals surface area contributed by atoms with E-state index in [1.54, 1.807) is 0 Å². The number of aryl methyl sites for hydroxylation is 2. The maximum absolute atomic E-state index is 2.38. The quantitative estimate of drug-likeness (QED) is 0.700. The summed E-state index contributed by atoms with van der Waals surface area (Å²) in [6.45, 7) is 10.2. The van der Waals surface area contributed by atoms with Gasteiger partial charge in [0.2, 0.25) is 0 Å². The van der Waals surface area contributed by atoms with Crippen LogP contribution in [0, 0.1) is 12.3 Å². The smallest absolute Gasteiger partial charge is 0.0483 e. The summed E-state index contributed by atoms with van der Waals surface area (Å²) in [5.74, 6) is 0. The van der Waals surface area contributed by atoms with Crippen LogP contribution in [0.1, 0.15) is 32.8 Å². The molecular formula is C15H21N. The van der Waals surface area contributed by atoms with E-state index in [2.05, 4.69) is 62.7 Å². The average molecular weight is 215 g/mol. The summed E-state index contributed by atoms with van der Waals surface area (Å²) < 4.78 is 2.38. The lowest BCUT2D eigenvalue weighted by Crippen LogP contribution is -2.09. The summed E-state index contributed by atoms with van der Waals surface area (Å²) in [5, 5.41) is 1.39. The van der Waals surface area contributed by atoms with Crippen LogP contribution in [0.2, 0.25) is 0 Å². The Bertz CT molecular complexity index is 486. The molecule has 0 saturated heterocycles. The molecule has 2 rings (SSSR count). The van der Waals surface area contributed by atoms with Crippen LogP contribution in [0.25, 0.3) is 10.9 Å². The summed E-state index contributed by atoms with van der Waals surface area (Å²) in [6, 6.07) is 8.65. The molecule has 0 N–H and O–H groups in total. The Morgan fingerprint density at radius 3 is 2.50 bits per heavy atom. The van der Waals surface area contributed by atoms with Gasteiger partial charge < -0.3 is 4.57 Å². The van der Waals surface area contributed by atoms with Crippen molar-refractivity contribution < 1.29 is 0 Å². The molecule has 0 aliphatic carbocycles. The first-order valence-corrected chi connectivity index (χ1v) is 6.02. The Hall–Kier alpha value is -1.24. The minimum Gasteiger partial charge on any atom is -0.347 e.